The van der Waals surface area contributed by atoms with Crippen LogP contribution in [0.4, 0.5) is 0 Å². The number of carbonyl (C=O) groups excluding carboxylic acids is 2. The largest absolute Gasteiger partial charge is 0.497 e. The first-order valence-corrected chi connectivity index (χ1v) is 11.3. The third kappa shape index (κ3) is 8.08. The second-order valence-corrected chi connectivity index (χ2v) is 8.21. The molecule has 0 saturated carbocycles. The van der Waals surface area contributed by atoms with Gasteiger partial charge in [0, 0.05) is 24.0 Å². The first-order chi connectivity index (χ1) is 15.3. The molecule has 7 heteroatoms. The fourth-order valence-electron chi connectivity index (χ4n) is 3.10. The van der Waals surface area contributed by atoms with Crippen LogP contribution >= 0.6 is 11.6 Å². The molecule has 0 aliphatic rings. The number of carbonyl (C=O) groups is 2. The third-order valence-corrected chi connectivity index (χ3v) is 5.52. The molecule has 0 heterocycles. The lowest BCUT2D eigenvalue weighted by molar-refractivity contribution is -0.141. The summed E-state index contributed by atoms with van der Waals surface area (Å²) in [4.78, 5) is 27.5. The second kappa shape index (κ2) is 13.0. The Morgan fingerprint density at radius 3 is 2.47 bits per heavy atom. The van der Waals surface area contributed by atoms with Gasteiger partial charge in [0.25, 0.3) is 0 Å². The number of ether oxygens (including phenoxy) is 2. The Morgan fingerprint density at radius 2 is 1.81 bits per heavy atom. The van der Waals surface area contributed by atoms with Crippen LogP contribution in [0.2, 0.25) is 5.02 Å². The van der Waals surface area contributed by atoms with Gasteiger partial charge in [-0.2, -0.15) is 0 Å². The molecule has 0 spiro atoms. The molecule has 2 amide bonds. The lowest BCUT2D eigenvalue weighted by Crippen LogP contribution is -2.49. The van der Waals surface area contributed by atoms with Crippen LogP contribution in [0.5, 0.6) is 11.5 Å². The quantitative estimate of drug-likeness (QED) is 0.460. The van der Waals surface area contributed by atoms with Gasteiger partial charge in [-0.05, 0) is 68.7 Å². The lowest BCUT2D eigenvalue weighted by Gasteiger charge is -2.30. The number of benzene rings is 2. The van der Waals surface area contributed by atoms with E-state index in [0.717, 1.165) is 12.0 Å². The highest BCUT2D eigenvalue weighted by Crippen LogP contribution is 2.18. The SMILES string of the molecule is CC[C@H](C)NC(=O)[C@H](C)N(Cc1cccc(OC)c1)C(=O)CCCOc1ccc(Cl)cc1. The van der Waals surface area contributed by atoms with E-state index >= 15 is 0 Å². The van der Waals surface area contributed by atoms with E-state index in [2.05, 4.69) is 5.32 Å². The van der Waals surface area contributed by atoms with Crippen molar-refractivity contribution >= 4 is 23.4 Å². The van der Waals surface area contributed by atoms with E-state index in [9.17, 15) is 9.59 Å². The van der Waals surface area contributed by atoms with Crippen molar-refractivity contribution in [3.63, 3.8) is 0 Å². The van der Waals surface area contributed by atoms with Crippen molar-refractivity contribution in [2.24, 2.45) is 0 Å². The Hall–Kier alpha value is -2.73. The number of nitrogens with one attached hydrogen (secondary N) is 1. The predicted molar refractivity (Wildman–Crippen MR) is 127 cm³/mol. The van der Waals surface area contributed by atoms with Crippen molar-refractivity contribution < 1.29 is 19.1 Å². The first-order valence-electron chi connectivity index (χ1n) is 10.9. The molecule has 2 rings (SSSR count). The highest BCUT2D eigenvalue weighted by Gasteiger charge is 2.26. The van der Waals surface area contributed by atoms with Crippen LogP contribution in [-0.4, -0.2) is 42.5 Å². The summed E-state index contributed by atoms with van der Waals surface area (Å²) >= 11 is 5.88. The van der Waals surface area contributed by atoms with Gasteiger partial charge in [-0.25, -0.2) is 0 Å². The molecule has 0 saturated heterocycles. The van der Waals surface area contributed by atoms with Gasteiger partial charge in [-0.1, -0.05) is 30.7 Å². The summed E-state index contributed by atoms with van der Waals surface area (Å²) in [5, 5.41) is 3.62. The van der Waals surface area contributed by atoms with E-state index in [0.29, 0.717) is 36.1 Å². The fraction of sp³-hybridized carbons (Fsp3) is 0.440. The van der Waals surface area contributed by atoms with E-state index in [1.807, 2.05) is 38.1 Å². The number of rotatable bonds is 12. The maximum absolute atomic E-state index is 13.1. The molecule has 0 aliphatic heterocycles. The zero-order valence-electron chi connectivity index (χ0n) is 19.3. The van der Waals surface area contributed by atoms with Crippen LogP contribution in [0.3, 0.4) is 0 Å². The van der Waals surface area contributed by atoms with Crippen LogP contribution in [0.1, 0.15) is 45.6 Å². The molecule has 0 fully saturated rings. The molecule has 174 valence electrons. The predicted octanol–water partition coefficient (Wildman–Crippen LogP) is 4.84. The molecular formula is C25H33ClN2O4. The molecule has 2 atom stereocenters. The van der Waals surface area contributed by atoms with Gasteiger partial charge in [0.1, 0.15) is 17.5 Å². The number of methoxy groups -OCH3 is 1. The Balaban J connectivity index is 2.03. The van der Waals surface area contributed by atoms with Crippen molar-refractivity contribution in [2.45, 2.75) is 58.7 Å². The van der Waals surface area contributed by atoms with Crippen LogP contribution in [-0.2, 0) is 16.1 Å². The molecule has 0 bridgehead atoms. The monoisotopic (exact) mass is 460 g/mol. The second-order valence-electron chi connectivity index (χ2n) is 7.77. The zero-order chi connectivity index (χ0) is 23.5. The smallest absolute Gasteiger partial charge is 0.242 e. The molecule has 6 nitrogen and oxygen atoms in total. The van der Waals surface area contributed by atoms with Crippen LogP contribution < -0.4 is 14.8 Å². The summed E-state index contributed by atoms with van der Waals surface area (Å²) in [5.41, 5.74) is 0.901. The van der Waals surface area contributed by atoms with Crippen molar-refractivity contribution in [3.8, 4) is 11.5 Å². The van der Waals surface area contributed by atoms with Crippen molar-refractivity contribution in [1.29, 1.82) is 0 Å². The van der Waals surface area contributed by atoms with Crippen molar-refractivity contribution in [3.05, 3.63) is 59.1 Å². The lowest BCUT2D eigenvalue weighted by atomic mass is 10.1. The average Bonchev–Trinajstić information content (AvgIpc) is 2.80. The minimum Gasteiger partial charge on any atom is -0.497 e. The molecule has 0 radical (unpaired) electrons. The highest BCUT2D eigenvalue weighted by molar-refractivity contribution is 6.30. The van der Waals surface area contributed by atoms with Crippen LogP contribution in [0.25, 0.3) is 0 Å². The molecule has 2 aromatic rings. The maximum atomic E-state index is 13.1. The van der Waals surface area contributed by atoms with E-state index < -0.39 is 6.04 Å². The zero-order valence-corrected chi connectivity index (χ0v) is 20.0. The Morgan fingerprint density at radius 1 is 1.09 bits per heavy atom. The number of halogens is 1. The third-order valence-electron chi connectivity index (χ3n) is 5.27. The van der Waals surface area contributed by atoms with Gasteiger partial charge < -0.3 is 19.7 Å². The summed E-state index contributed by atoms with van der Waals surface area (Å²) in [6, 6.07) is 14.1. The van der Waals surface area contributed by atoms with Gasteiger partial charge in [-0.15, -0.1) is 0 Å². The van der Waals surface area contributed by atoms with E-state index in [1.54, 1.807) is 43.2 Å². The Kier molecular flexibility index (Phi) is 10.3. The summed E-state index contributed by atoms with van der Waals surface area (Å²) in [6.07, 6.45) is 1.64. The summed E-state index contributed by atoms with van der Waals surface area (Å²) < 4.78 is 11.0. The molecule has 1 N–H and O–H groups in total. The van der Waals surface area contributed by atoms with Gasteiger partial charge >= 0.3 is 0 Å². The Bertz CT molecular complexity index is 873. The molecule has 32 heavy (non-hydrogen) atoms. The van der Waals surface area contributed by atoms with Gasteiger partial charge in [0.05, 0.1) is 13.7 Å². The highest BCUT2D eigenvalue weighted by atomic mass is 35.5. The fourth-order valence-corrected chi connectivity index (χ4v) is 3.23. The standard InChI is InChI=1S/C25H33ClN2O4/c1-5-18(2)27-25(30)19(3)28(17-20-8-6-9-23(16-20)31-4)24(29)10-7-15-32-22-13-11-21(26)12-14-22/h6,8-9,11-14,16,18-19H,5,7,10,15,17H2,1-4H3,(H,27,30)/t18-,19-/m0/s1. The molecule has 0 aromatic heterocycles. The van der Waals surface area contributed by atoms with Crippen molar-refractivity contribution in [2.75, 3.05) is 13.7 Å². The average molecular weight is 461 g/mol. The normalized spacial score (nSPS) is 12.5. The van der Waals surface area contributed by atoms with Gasteiger partial charge in [0.15, 0.2) is 0 Å². The van der Waals surface area contributed by atoms with Crippen LogP contribution in [0, 0.1) is 0 Å². The van der Waals surface area contributed by atoms with Crippen molar-refractivity contribution in [1.82, 2.24) is 10.2 Å². The minimum absolute atomic E-state index is 0.0477. The first kappa shape index (κ1) is 25.5. The summed E-state index contributed by atoms with van der Waals surface area (Å²) in [7, 11) is 1.60. The van der Waals surface area contributed by atoms with Gasteiger partial charge in [-0.3, -0.25) is 9.59 Å². The summed E-state index contributed by atoms with van der Waals surface area (Å²) in [5.74, 6) is 1.16. The number of hydrogen-bond donors (Lipinski definition) is 1. The maximum Gasteiger partial charge on any atom is 0.242 e. The molecular weight excluding hydrogens is 428 g/mol. The number of hydrogen-bond acceptors (Lipinski definition) is 4. The minimum atomic E-state index is -0.597. The van der Waals surface area contributed by atoms with E-state index in [-0.39, 0.29) is 24.3 Å². The van der Waals surface area contributed by atoms with Gasteiger partial charge in [0.2, 0.25) is 11.8 Å². The summed E-state index contributed by atoms with van der Waals surface area (Å²) in [6.45, 7) is 6.44. The number of amides is 2. The number of nitrogens with zero attached hydrogens (tertiary/aromatic N) is 1. The molecule has 0 unspecified atom stereocenters. The molecule has 2 aromatic carbocycles. The van der Waals surface area contributed by atoms with E-state index in [1.165, 1.54) is 0 Å². The van der Waals surface area contributed by atoms with Crippen LogP contribution in [0.15, 0.2) is 48.5 Å². The van der Waals surface area contributed by atoms with E-state index in [4.69, 9.17) is 21.1 Å². The molecule has 0 aliphatic carbocycles. The Labute approximate surface area is 195 Å². The topological polar surface area (TPSA) is 67.9 Å².